The standard InChI is InChI=1S/C15H19BrF2N2O/c1-2-3-15(4-6-19-7-5-15)14(21)20-13-11(16)8-10(17)9-12(13)18/h8-9,19H,2-7H2,1H3,(H,20,21). The van der Waals surface area contributed by atoms with E-state index in [9.17, 15) is 13.6 Å². The Morgan fingerprint density at radius 2 is 2.05 bits per heavy atom. The summed E-state index contributed by atoms with van der Waals surface area (Å²) in [4.78, 5) is 12.6. The number of halogens is 3. The highest BCUT2D eigenvalue weighted by atomic mass is 79.9. The SMILES string of the molecule is CCCC1(C(=O)Nc2c(F)cc(F)cc2Br)CCNCC1. The largest absolute Gasteiger partial charge is 0.322 e. The second-order valence-corrected chi connectivity index (χ2v) is 6.33. The van der Waals surface area contributed by atoms with E-state index in [0.717, 1.165) is 50.9 Å². The Labute approximate surface area is 131 Å². The second-order valence-electron chi connectivity index (χ2n) is 5.48. The zero-order chi connectivity index (χ0) is 15.5. The van der Waals surface area contributed by atoms with E-state index in [1.807, 2.05) is 6.92 Å². The van der Waals surface area contributed by atoms with E-state index in [0.29, 0.717) is 0 Å². The van der Waals surface area contributed by atoms with Crippen molar-refractivity contribution in [3.63, 3.8) is 0 Å². The van der Waals surface area contributed by atoms with Crippen molar-refractivity contribution in [2.75, 3.05) is 18.4 Å². The molecular formula is C15H19BrF2N2O. The molecule has 1 aromatic carbocycles. The zero-order valence-corrected chi connectivity index (χ0v) is 13.5. The molecule has 0 bridgehead atoms. The molecule has 21 heavy (non-hydrogen) atoms. The highest BCUT2D eigenvalue weighted by Crippen LogP contribution is 2.37. The number of amides is 1. The molecule has 2 N–H and O–H groups in total. The minimum absolute atomic E-state index is 0.00964. The number of carbonyl (C=O) groups excluding carboxylic acids is 1. The van der Waals surface area contributed by atoms with Crippen LogP contribution in [0.15, 0.2) is 16.6 Å². The molecule has 1 fully saturated rings. The number of rotatable bonds is 4. The molecule has 0 aromatic heterocycles. The van der Waals surface area contributed by atoms with Crippen molar-refractivity contribution >= 4 is 27.5 Å². The number of hydrogen-bond donors (Lipinski definition) is 2. The summed E-state index contributed by atoms with van der Waals surface area (Å²) in [6.07, 6.45) is 3.11. The Kier molecular flexibility index (Phi) is 5.32. The summed E-state index contributed by atoms with van der Waals surface area (Å²) in [5, 5.41) is 5.88. The fraction of sp³-hybridized carbons (Fsp3) is 0.533. The Balaban J connectivity index is 2.23. The van der Waals surface area contributed by atoms with Gasteiger partial charge in [0.05, 0.1) is 11.1 Å². The first kappa shape index (κ1) is 16.4. The van der Waals surface area contributed by atoms with E-state index in [-0.39, 0.29) is 16.1 Å². The molecule has 0 atom stereocenters. The molecule has 0 saturated carbocycles. The van der Waals surface area contributed by atoms with Crippen LogP contribution in [0.5, 0.6) is 0 Å². The predicted octanol–water partition coefficient (Wildman–Crippen LogP) is 3.84. The highest BCUT2D eigenvalue weighted by Gasteiger charge is 2.39. The summed E-state index contributed by atoms with van der Waals surface area (Å²) in [5.41, 5.74) is -0.462. The molecule has 1 aromatic rings. The van der Waals surface area contributed by atoms with Crippen LogP contribution in [0.3, 0.4) is 0 Å². The Morgan fingerprint density at radius 3 is 2.62 bits per heavy atom. The van der Waals surface area contributed by atoms with Crippen LogP contribution in [0, 0.1) is 17.0 Å². The number of anilines is 1. The maximum Gasteiger partial charge on any atom is 0.230 e. The van der Waals surface area contributed by atoms with Gasteiger partial charge in [0.1, 0.15) is 5.82 Å². The summed E-state index contributed by atoms with van der Waals surface area (Å²) >= 11 is 3.10. The predicted molar refractivity (Wildman–Crippen MR) is 82.1 cm³/mol. The van der Waals surface area contributed by atoms with Crippen molar-refractivity contribution in [2.24, 2.45) is 5.41 Å². The maximum absolute atomic E-state index is 13.9. The number of hydrogen-bond acceptors (Lipinski definition) is 2. The van der Waals surface area contributed by atoms with Gasteiger partial charge in [-0.15, -0.1) is 0 Å². The van der Waals surface area contributed by atoms with E-state index >= 15 is 0 Å². The first-order valence-electron chi connectivity index (χ1n) is 7.15. The third-order valence-corrected chi connectivity index (χ3v) is 4.64. The van der Waals surface area contributed by atoms with E-state index in [1.54, 1.807) is 0 Å². The average molecular weight is 361 g/mol. The zero-order valence-electron chi connectivity index (χ0n) is 11.9. The fourth-order valence-electron chi connectivity index (χ4n) is 2.88. The smallest absolute Gasteiger partial charge is 0.230 e. The van der Waals surface area contributed by atoms with Crippen molar-refractivity contribution in [1.29, 1.82) is 0 Å². The van der Waals surface area contributed by atoms with E-state index < -0.39 is 17.0 Å². The van der Waals surface area contributed by atoms with Crippen LogP contribution in [-0.2, 0) is 4.79 Å². The molecule has 6 heteroatoms. The van der Waals surface area contributed by atoms with E-state index in [1.165, 1.54) is 0 Å². The van der Waals surface area contributed by atoms with Crippen LogP contribution in [0.4, 0.5) is 14.5 Å². The minimum atomic E-state index is -0.768. The summed E-state index contributed by atoms with van der Waals surface area (Å²) in [6, 6.07) is 1.92. The molecule has 0 spiro atoms. The van der Waals surface area contributed by atoms with Gasteiger partial charge in [-0.25, -0.2) is 8.78 Å². The molecule has 1 aliphatic rings. The Morgan fingerprint density at radius 1 is 1.38 bits per heavy atom. The molecular weight excluding hydrogens is 342 g/mol. The van der Waals surface area contributed by atoms with Gasteiger partial charge in [-0.05, 0) is 54.3 Å². The number of piperidine rings is 1. The molecule has 0 unspecified atom stereocenters. The first-order chi connectivity index (χ1) is 9.98. The van der Waals surface area contributed by atoms with Gasteiger partial charge in [0.15, 0.2) is 5.82 Å². The van der Waals surface area contributed by atoms with Crippen LogP contribution in [0.1, 0.15) is 32.6 Å². The summed E-state index contributed by atoms with van der Waals surface area (Å²) in [5.74, 6) is -1.63. The van der Waals surface area contributed by atoms with Crippen LogP contribution < -0.4 is 10.6 Å². The molecule has 3 nitrogen and oxygen atoms in total. The number of nitrogens with one attached hydrogen (secondary N) is 2. The van der Waals surface area contributed by atoms with Gasteiger partial charge in [-0.2, -0.15) is 0 Å². The second kappa shape index (κ2) is 6.83. The quantitative estimate of drug-likeness (QED) is 0.856. The Hall–Kier alpha value is -1.01. The lowest BCUT2D eigenvalue weighted by Gasteiger charge is -2.36. The number of carbonyl (C=O) groups is 1. The van der Waals surface area contributed by atoms with Gasteiger partial charge < -0.3 is 10.6 Å². The summed E-state index contributed by atoms with van der Waals surface area (Å²) in [6.45, 7) is 3.59. The van der Waals surface area contributed by atoms with Crippen molar-refractivity contribution in [3.05, 3.63) is 28.2 Å². The number of benzene rings is 1. The average Bonchev–Trinajstić information content (AvgIpc) is 2.44. The molecule has 1 aliphatic heterocycles. The van der Waals surface area contributed by atoms with Crippen molar-refractivity contribution in [1.82, 2.24) is 5.32 Å². The Bertz CT molecular complexity index is 502. The van der Waals surface area contributed by atoms with Crippen molar-refractivity contribution in [3.8, 4) is 0 Å². The van der Waals surface area contributed by atoms with Crippen LogP contribution in [-0.4, -0.2) is 19.0 Å². The third-order valence-electron chi connectivity index (χ3n) is 4.02. The molecule has 1 heterocycles. The maximum atomic E-state index is 13.9. The van der Waals surface area contributed by atoms with Gasteiger partial charge in [-0.1, -0.05) is 13.3 Å². The highest BCUT2D eigenvalue weighted by molar-refractivity contribution is 9.10. The summed E-state index contributed by atoms with van der Waals surface area (Å²) < 4.78 is 27.2. The molecule has 0 aliphatic carbocycles. The van der Waals surface area contributed by atoms with Crippen molar-refractivity contribution < 1.29 is 13.6 Å². The van der Waals surface area contributed by atoms with Crippen LogP contribution >= 0.6 is 15.9 Å². The van der Waals surface area contributed by atoms with Crippen molar-refractivity contribution in [2.45, 2.75) is 32.6 Å². The lowest BCUT2D eigenvalue weighted by Crippen LogP contribution is -2.45. The topological polar surface area (TPSA) is 41.1 Å². The van der Waals surface area contributed by atoms with Gasteiger partial charge >= 0.3 is 0 Å². The first-order valence-corrected chi connectivity index (χ1v) is 7.94. The van der Waals surface area contributed by atoms with Gasteiger partial charge in [0, 0.05) is 10.5 Å². The molecule has 1 amide bonds. The van der Waals surface area contributed by atoms with Crippen LogP contribution in [0.25, 0.3) is 0 Å². The van der Waals surface area contributed by atoms with Gasteiger partial charge in [0.2, 0.25) is 5.91 Å². The lowest BCUT2D eigenvalue weighted by molar-refractivity contribution is -0.127. The normalized spacial score (nSPS) is 17.5. The van der Waals surface area contributed by atoms with E-state index in [2.05, 4.69) is 26.6 Å². The molecule has 116 valence electrons. The minimum Gasteiger partial charge on any atom is -0.322 e. The third kappa shape index (κ3) is 3.61. The molecule has 0 radical (unpaired) electrons. The van der Waals surface area contributed by atoms with E-state index in [4.69, 9.17) is 0 Å². The van der Waals surface area contributed by atoms with Crippen LogP contribution in [0.2, 0.25) is 0 Å². The van der Waals surface area contributed by atoms with Gasteiger partial charge in [-0.3, -0.25) is 4.79 Å². The summed E-state index contributed by atoms with van der Waals surface area (Å²) in [7, 11) is 0. The monoisotopic (exact) mass is 360 g/mol. The van der Waals surface area contributed by atoms with Gasteiger partial charge in [0.25, 0.3) is 0 Å². The fourth-order valence-corrected chi connectivity index (χ4v) is 3.39. The molecule has 2 rings (SSSR count). The lowest BCUT2D eigenvalue weighted by atomic mass is 9.74. The molecule has 1 saturated heterocycles.